The van der Waals surface area contributed by atoms with Gasteiger partial charge in [-0.1, -0.05) is 6.07 Å². The monoisotopic (exact) mass is 338 g/mol. The van der Waals surface area contributed by atoms with Crippen LogP contribution < -0.4 is 15.4 Å². The highest BCUT2D eigenvalue weighted by Gasteiger charge is 2.35. The number of benzene rings is 1. The van der Waals surface area contributed by atoms with E-state index in [1.807, 2.05) is 6.92 Å². The maximum Gasteiger partial charge on any atom is 0.573 e. The van der Waals surface area contributed by atoms with Gasteiger partial charge in [0.15, 0.2) is 0 Å². The van der Waals surface area contributed by atoms with E-state index in [-0.39, 0.29) is 29.8 Å². The maximum absolute atomic E-state index is 12.3. The van der Waals surface area contributed by atoms with Crippen molar-refractivity contribution in [2.75, 3.05) is 18.4 Å². The van der Waals surface area contributed by atoms with Crippen molar-refractivity contribution in [3.63, 3.8) is 0 Å². The van der Waals surface area contributed by atoms with Crippen LogP contribution in [-0.2, 0) is 4.79 Å². The summed E-state index contributed by atoms with van der Waals surface area (Å²) in [6.45, 7) is 3.26. The normalized spacial score (nSPS) is 21.6. The van der Waals surface area contributed by atoms with Gasteiger partial charge in [0.2, 0.25) is 5.91 Å². The quantitative estimate of drug-likeness (QED) is 0.888. The molecule has 2 rings (SSSR count). The third-order valence-corrected chi connectivity index (χ3v) is 3.47. The first-order chi connectivity index (χ1) is 9.78. The van der Waals surface area contributed by atoms with E-state index in [9.17, 15) is 18.0 Å². The van der Waals surface area contributed by atoms with Crippen LogP contribution in [0.2, 0.25) is 0 Å². The van der Waals surface area contributed by atoms with Gasteiger partial charge in [-0.2, -0.15) is 0 Å². The average molecular weight is 339 g/mol. The fourth-order valence-corrected chi connectivity index (χ4v) is 2.30. The number of nitrogens with one attached hydrogen (secondary N) is 2. The van der Waals surface area contributed by atoms with Crippen LogP contribution in [-0.4, -0.2) is 25.4 Å². The Morgan fingerprint density at radius 1 is 1.41 bits per heavy atom. The second-order valence-corrected chi connectivity index (χ2v) is 5.37. The molecule has 0 bridgehead atoms. The predicted molar refractivity (Wildman–Crippen MR) is 79.2 cm³/mol. The summed E-state index contributed by atoms with van der Waals surface area (Å²) >= 11 is 0. The number of rotatable bonds is 3. The average Bonchev–Trinajstić information content (AvgIpc) is 2.38. The summed E-state index contributed by atoms with van der Waals surface area (Å²) in [6, 6.07) is 5.27. The van der Waals surface area contributed by atoms with Gasteiger partial charge >= 0.3 is 6.36 Å². The number of hydrogen-bond acceptors (Lipinski definition) is 3. The fraction of sp³-hybridized carbons (Fsp3) is 0.500. The Morgan fingerprint density at radius 3 is 2.73 bits per heavy atom. The molecule has 8 heteroatoms. The van der Waals surface area contributed by atoms with Gasteiger partial charge in [0.1, 0.15) is 5.75 Å². The van der Waals surface area contributed by atoms with Crippen LogP contribution in [0.4, 0.5) is 18.9 Å². The Kier molecular flexibility index (Phi) is 6.08. The van der Waals surface area contributed by atoms with E-state index in [4.69, 9.17) is 0 Å². The van der Waals surface area contributed by atoms with Crippen LogP contribution in [0.15, 0.2) is 24.3 Å². The molecule has 1 aromatic carbocycles. The maximum atomic E-state index is 12.3. The number of ether oxygens (including phenoxy) is 1. The topological polar surface area (TPSA) is 50.4 Å². The lowest BCUT2D eigenvalue weighted by Gasteiger charge is -2.32. The molecule has 1 aromatic rings. The summed E-state index contributed by atoms with van der Waals surface area (Å²) in [7, 11) is 0. The lowest BCUT2D eigenvalue weighted by atomic mass is 9.82. The summed E-state index contributed by atoms with van der Waals surface area (Å²) < 4.78 is 40.3. The Balaban J connectivity index is 0.00000242. The predicted octanol–water partition coefficient (Wildman–Crippen LogP) is 3.34. The van der Waals surface area contributed by atoms with Crippen LogP contribution in [0.1, 0.15) is 19.8 Å². The van der Waals surface area contributed by atoms with Gasteiger partial charge in [0, 0.05) is 18.3 Å². The molecular formula is C14H18ClF3N2O2. The molecule has 0 aliphatic carbocycles. The number of anilines is 1. The van der Waals surface area contributed by atoms with E-state index >= 15 is 0 Å². The molecule has 1 fully saturated rings. The Bertz CT molecular complexity index is 517. The molecule has 0 aromatic heterocycles. The minimum atomic E-state index is -4.75. The van der Waals surface area contributed by atoms with Crippen LogP contribution in [0.3, 0.4) is 0 Å². The van der Waals surface area contributed by atoms with Crippen molar-refractivity contribution < 1.29 is 22.7 Å². The van der Waals surface area contributed by atoms with Crippen LogP contribution in [0.25, 0.3) is 0 Å². The summed E-state index contributed by atoms with van der Waals surface area (Å²) in [5, 5.41) is 5.80. The number of alkyl halides is 3. The van der Waals surface area contributed by atoms with Crippen molar-refractivity contribution in [3.8, 4) is 5.75 Å². The number of halogens is 4. The lowest BCUT2D eigenvalue weighted by molar-refractivity contribution is -0.274. The third-order valence-electron chi connectivity index (χ3n) is 3.47. The smallest absolute Gasteiger partial charge is 0.406 e. The molecule has 124 valence electrons. The first kappa shape index (κ1) is 18.6. The molecule has 1 saturated heterocycles. The molecule has 1 aliphatic heterocycles. The Hall–Kier alpha value is -1.47. The molecule has 0 radical (unpaired) electrons. The molecule has 4 nitrogen and oxygen atoms in total. The van der Waals surface area contributed by atoms with E-state index in [1.165, 1.54) is 18.2 Å². The van der Waals surface area contributed by atoms with Crippen molar-refractivity contribution in [2.24, 2.45) is 5.41 Å². The van der Waals surface area contributed by atoms with Gasteiger partial charge in [-0.25, -0.2) is 0 Å². The summed E-state index contributed by atoms with van der Waals surface area (Å²) in [5.41, 5.74) is -0.271. The van der Waals surface area contributed by atoms with Gasteiger partial charge < -0.3 is 15.4 Å². The first-order valence-electron chi connectivity index (χ1n) is 6.66. The minimum absolute atomic E-state index is 0. The van der Waals surface area contributed by atoms with E-state index in [1.54, 1.807) is 0 Å². The Morgan fingerprint density at radius 2 is 2.14 bits per heavy atom. The van der Waals surface area contributed by atoms with Crippen molar-refractivity contribution in [1.29, 1.82) is 0 Å². The molecule has 0 spiro atoms. The van der Waals surface area contributed by atoms with E-state index in [2.05, 4.69) is 15.4 Å². The molecule has 1 heterocycles. The molecule has 1 amide bonds. The van der Waals surface area contributed by atoms with Gasteiger partial charge in [0.25, 0.3) is 0 Å². The van der Waals surface area contributed by atoms with E-state index in [0.29, 0.717) is 6.54 Å². The third kappa shape index (κ3) is 5.06. The molecule has 2 N–H and O–H groups in total. The van der Waals surface area contributed by atoms with Crippen molar-refractivity contribution in [1.82, 2.24) is 5.32 Å². The van der Waals surface area contributed by atoms with Crippen molar-refractivity contribution in [2.45, 2.75) is 26.1 Å². The number of carbonyl (C=O) groups is 1. The largest absolute Gasteiger partial charge is 0.573 e. The van der Waals surface area contributed by atoms with E-state index < -0.39 is 11.8 Å². The lowest BCUT2D eigenvalue weighted by Crippen LogP contribution is -2.46. The zero-order chi connectivity index (χ0) is 15.5. The highest BCUT2D eigenvalue weighted by molar-refractivity contribution is 5.95. The van der Waals surface area contributed by atoms with Crippen molar-refractivity contribution in [3.05, 3.63) is 24.3 Å². The SMILES string of the molecule is CC1(C(=O)Nc2cccc(OC(F)(F)F)c2)CCCNC1.Cl. The van der Waals surface area contributed by atoms with Gasteiger partial charge in [0.05, 0.1) is 5.41 Å². The second-order valence-electron chi connectivity index (χ2n) is 5.37. The molecule has 0 saturated carbocycles. The minimum Gasteiger partial charge on any atom is -0.406 e. The first-order valence-corrected chi connectivity index (χ1v) is 6.66. The second kappa shape index (κ2) is 7.19. The number of carbonyl (C=O) groups excluding carboxylic acids is 1. The summed E-state index contributed by atoms with van der Waals surface area (Å²) in [6.07, 6.45) is -3.12. The number of amides is 1. The summed E-state index contributed by atoms with van der Waals surface area (Å²) in [5.74, 6) is -0.564. The molecule has 1 atom stereocenters. The standard InChI is InChI=1S/C14H17F3N2O2.ClH/c1-13(6-3-7-18-9-13)12(20)19-10-4-2-5-11(8-10)21-14(15,16)17;/h2,4-5,8,18H,3,6-7,9H2,1H3,(H,19,20);1H. The van der Waals surface area contributed by atoms with Crippen LogP contribution in [0.5, 0.6) is 5.75 Å². The zero-order valence-electron chi connectivity index (χ0n) is 12.0. The molecule has 1 aliphatic rings. The van der Waals surface area contributed by atoms with Gasteiger partial charge in [-0.3, -0.25) is 4.79 Å². The number of piperidine rings is 1. The number of hydrogen-bond donors (Lipinski definition) is 2. The molecule has 22 heavy (non-hydrogen) atoms. The van der Waals surface area contributed by atoms with Crippen LogP contribution >= 0.6 is 12.4 Å². The van der Waals surface area contributed by atoms with Crippen LogP contribution in [0, 0.1) is 5.41 Å². The molecular weight excluding hydrogens is 321 g/mol. The van der Waals surface area contributed by atoms with Gasteiger partial charge in [-0.15, -0.1) is 25.6 Å². The van der Waals surface area contributed by atoms with Crippen molar-refractivity contribution >= 4 is 24.0 Å². The summed E-state index contributed by atoms with van der Waals surface area (Å²) in [4.78, 5) is 12.3. The zero-order valence-corrected chi connectivity index (χ0v) is 12.8. The van der Waals surface area contributed by atoms with E-state index in [0.717, 1.165) is 25.5 Å². The Labute approximate surface area is 132 Å². The van der Waals surface area contributed by atoms with Gasteiger partial charge in [-0.05, 0) is 38.4 Å². The fourth-order valence-electron chi connectivity index (χ4n) is 2.30. The highest BCUT2D eigenvalue weighted by Crippen LogP contribution is 2.29. The molecule has 1 unspecified atom stereocenters. The highest BCUT2D eigenvalue weighted by atomic mass is 35.5.